The summed E-state index contributed by atoms with van der Waals surface area (Å²) in [6.45, 7) is 8.85. The van der Waals surface area contributed by atoms with E-state index in [0.717, 1.165) is 13.1 Å². The van der Waals surface area contributed by atoms with Crippen LogP contribution in [-0.4, -0.2) is 30.5 Å². The first-order chi connectivity index (χ1) is 10.7. The lowest BCUT2D eigenvalue weighted by molar-refractivity contribution is -0.120. The molecule has 2 aliphatic rings. The second kappa shape index (κ2) is 6.25. The largest absolute Gasteiger partial charge is 0.429 e. The summed E-state index contributed by atoms with van der Waals surface area (Å²) in [5.41, 5.74) is 1.60. The van der Waals surface area contributed by atoms with Gasteiger partial charge >= 0.3 is 0 Å². The lowest BCUT2D eigenvalue weighted by Gasteiger charge is -2.48. The van der Waals surface area contributed by atoms with Crippen LogP contribution in [0.5, 0.6) is 5.75 Å². The van der Waals surface area contributed by atoms with Gasteiger partial charge in [-0.2, -0.15) is 0 Å². The highest BCUT2D eigenvalue weighted by Crippen LogP contribution is 2.52. The highest BCUT2D eigenvalue weighted by atomic mass is 16.5. The van der Waals surface area contributed by atoms with Crippen LogP contribution in [0.1, 0.15) is 38.2 Å². The first-order valence-electron chi connectivity index (χ1n) is 8.25. The van der Waals surface area contributed by atoms with Crippen LogP contribution in [0.4, 0.5) is 0 Å². The van der Waals surface area contributed by atoms with Crippen LogP contribution in [0.2, 0.25) is 0 Å². The number of piperidine rings is 1. The van der Waals surface area contributed by atoms with Crippen LogP contribution < -0.4 is 4.74 Å². The Kier molecular flexibility index (Phi) is 4.34. The fourth-order valence-corrected chi connectivity index (χ4v) is 4.65. The zero-order valence-electron chi connectivity index (χ0n) is 13.3. The van der Waals surface area contributed by atoms with E-state index in [0.29, 0.717) is 24.2 Å². The van der Waals surface area contributed by atoms with Gasteiger partial charge in [0.05, 0.1) is 0 Å². The van der Waals surface area contributed by atoms with Gasteiger partial charge in [0.2, 0.25) is 0 Å². The monoisotopic (exact) mass is 299 g/mol. The normalized spacial score (nSPS) is 31.5. The predicted octanol–water partition coefficient (Wildman–Crippen LogP) is 3.54. The van der Waals surface area contributed by atoms with E-state index in [1.54, 1.807) is 0 Å². The molecule has 22 heavy (non-hydrogen) atoms. The molecular weight excluding hydrogens is 274 g/mol. The number of rotatable bonds is 5. The smallest absolute Gasteiger partial charge is 0.298 e. The summed E-state index contributed by atoms with van der Waals surface area (Å²) in [7, 11) is 0. The van der Waals surface area contributed by atoms with Crippen LogP contribution in [0, 0.1) is 5.92 Å². The average Bonchev–Trinajstić information content (AvgIpc) is 2.92. The van der Waals surface area contributed by atoms with Gasteiger partial charge in [-0.1, -0.05) is 24.6 Å². The molecule has 0 N–H and O–H groups in total. The first kappa shape index (κ1) is 15.3. The van der Waals surface area contributed by atoms with Crippen molar-refractivity contribution in [2.75, 3.05) is 13.1 Å². The van der Waals surface area contributed by atoms with Crippen LogP contribution in [0.15, 0.2) is 36.9 Å². The third kappa shape index (κ3) is 2.58. The molecular formula is C19H25NO2. The average molecular weight is 299 g/mol. The zero-order valence-corrected chi connectivity index (χ0v) is 13.3. The number of nitrogens with zero attached hydrogens (tertiary/aromatic N) is 1. The molecule has 1 saturated carbocycles. The van der Waals surface area contributed by atoms with Gasteiger partial charge in [0, 0.05) is 24.5 Å². The zero-order chi connectivity index (χ0) is 15.6. The minimum atomic E-state index is 0.249. The van der Waals surface area contributed by atoms with Gasteiger partial charge in [0.25, 0.3) is 6.47 Å². The minimum absolute atomic E-state index is 0.249. The molecule has 1 heterocycles. The molecule has 3 heteroatoms. The topological polar surface area (TPSA) is 29.5 Å². The molecule has 0 amide bonds. The maximum Gasteiger partial charge on any atom is 0.298 e. The van der Waals surface area contributed by atoms with Gasteiger partial charge in [-0.05, 0) is 49.8 Å². The van der Waals surface area contributed by atoms with Crippen molar-refractivity contribution in [2.45, 2.75) is 44.1 Å². The summed E-state index contributed by atoms with van der Waals surface area (Å²) in [5.74, 6) is 1.35. The number of likely N-dealkylation sites (tertiary alicyclic amines) is 1. The summed E-state index contributed by atoms with van der Waals surface area (Å²) in [6.07, 6.45) is 7.01. The SMILES string of the molecule is C=CCN1CC2CCCC2(c2cccc(OC=O)c2)CC1C. The minimum Gasteiger partial charge on any atom is -0.429 e. The lowest BCUT2D eigenvalue weighted by Crippen LogP contribution is -2.51. The highest BCUT2D eigenvalue weighted by molar-refractivity contribution is 5.47. The fourth-order valence-electron chi connectivity index (χ4n) is 4.65. The Morgan fingerprint density at radius 3 is 3.14 bits per heavy atom. The summed E-state index contributed by atoms with van der Waals surface area (Å²) in [5, 5.41) is 0. The second-order valence-corrected chi connectivity index (χ2v) is 6.78. The molecule has 1 aromatic rings. The van der Waals surface area contributed by atoms with Gasteiger partial charge in [-0.25, -0.2) is 0 Å². The molecule has 1 saturated heterocycles. The van der Waals surface area contributed by atoms with E-state index in [-0.39, 0.29) is 5.41 Å². The van der Waals surface area contributed by atoms with Crippen molar-refractivity contribution in [3.63, 3.8) is 0 Å². The predicted molar refractivity (Wildman–Crippen MR) is 88.0 cm³/mol. The summed E-state index contributed by atoms with van der Waals surface area (Å²) in [4.78, 5) is 13.2. The molecule has 3 unspecified atom stereocenters. The summed E-state index contributed by atoms with van der Waals surface area (Å²) >= 11 is 0. The van der Waals surface area contributed by atoms with Crippen LogP contribution >= 0.6 is 0 Å². The van der Waals surface area contributed by atoms with Crippen molar-refractivity contribution in [2.24, 2.45) is 5.92 Å². The molecule has 1 aromatic carbocycles. The van der Waals surface area contributed by atoms with E-state index >= 15 is 0 Å². The van der Waals surface area contributed by atoms with Gasteiger partial charge in [-0.15, -0.1) is 6.58 Å². The van der Waals surface area contributed by atoms with Crippen LogP contribution in [0.25, 0.3) is 0 Å². The lowest BCUT2D eigenvalue weighted by atomic mass is 9.66. The number of carbonyl (C=O) groups is 1. The molecule has 118 valence electrons. The van der Waals surface area contributed by atoms with Gasteiger partial charge < -0.3 is 4.74 Å². The molecule has 1 aliphatic carbocycles. The maximum atomic E-state index is 10.6. The first-order valence-corrected chi connectivity index (χ1v) is 8.25. The molecule has 0 bridgehead atoms. The fraction of sp³-hybridized carbons (Fsp3) is 0.526. The summed E-state index contributed by atoms with van der Waals surface area (Å²) in [6, 6.07) is 8.71. The number of benzene rings is 1. The maximum absolute atomic E-state index is 10.6. The van der Waals surface area contributed by atoms with Gasteiger partial charge in [-0.3, -0.25) is 9.69 Å². The van der Waals surface area contributed by atoms with Crippen molar-refractivity contribution in [1.82, 2.24) is 4.90 Å². The third-order valence-electron chi connectivity index (χ3n) is 5.65. The Morgan fingerprint density at radius 2 is 2.36 bits per heavy atom. The third-order valence-corrected chi connectivity index (χ3v) is 5.65. The van der Waals surface area contributed by atoms with E-state index in [4.69, 9.17) is 4.74 Å². The van der Waals surface area contributed by atoms with E-state index in [9.17, 15) is 4.79 Å². The highest BCUT2D eigenvalue weighted by Gasteiger charge is 2.49. The number of ether oxygens (including phenoxy) is 1. The van der Waals surface area contributed by atoms with Gasteiger partial charge in [0.1, 0.15) is 5.75 Å². The van der Waals surface area contributed by atoms with Crippen molar-refractivity contribution in [3.05, 3.63) is 42.5 Å². The van der Waals surface area contributed by atoms with E-state index in [1.165, 1.54) is 31.2 Å². The molecule has 0 aromatic heterocycles. The number of hydrogen-bond acceptors (Lipinski definition) is 3. The van der Waals surface area contributed by atoms with Gasteiger partial charge in [0.15, 0.2) is 0 Å². The number of carbonyl (C=O) groups excluding carboxylic acids is 1. The second-order valence-electron chi connectivity index (χ2n) is 6.78. The van der Waals surface area contributed by atoms with Crippen molar-refractivity contribution < 1.29 is 9.53 Å². The van der Waals surface area contributed by atoms with Crippen LogP contribution in [0.3, 0.4) is 0 Å². The standard InChI is InChI=1S/C19H25NO2/c1-3-10-20-13-17-7-5-9-19(17,12-15(20)2)16-6-4-8-18(11-16)22-14-21/h3-4,6,8,11,14-15,17H,1,5,7,9-10,12-13H2,2H3. The Hall–Kier alpha value is -1.61. The molecule has 0 radical (unpaired) electrons. The number of hydrogen-bond donors (Lipinski definition) is 0. The molecule has 3 nitrogen and oxygen atoms in total. The Bertz CT molecular complexity index is 556. The molecule has 3 rings (SSSR count). The van der Waals surface area contributed by atoms with Crippen molar-refractivity contribution in [1.29, 1.82) is 0 Å². The van der Waals surface area contributed by atoms with E-state index in [1.807, 2.05) is 18.2 Å². The Labute approximate surface area is 133 Å². The van der Waals surface area contributed by atoms with E-state index in [2.05, 4.69) is 30.5 Å². The quantitative estimate of drug-likeness (QED) is 0.615. The summed E-state index contributed by atoms with van der Waals surface area (Å²) < 4.78 is 5.06. The van der Waals surface area contributed by atoms with E-state index < -0.39 is 0 Å². The molecule has 1 aliphatic heterocycles. The molecule has 2 fully saturated rings. The Balaban J connectivity index is 1.92. The molecule has 0 spiro atoms. The number of fused-ring (bicyclic) bond motifs is 1. The molecule has 3 atom stereocenters. The van der Waals surface area contributed by atoms with Crippen LogP contribution in [-0.2, 0) is 10.2 Å². The Morgan fingerprint density at radius 1 is 1.50 bits per heavy atom. The van der Waals surface area contributed by atoms with Crippen molar-refractivity contribution >= 4 is 6.47 Å². The van der Waals surface area contributed by atoms with Crippen molar-refractivity contribution in [3.8, 4) is 5.75 Å².